The first kappa shape index (κ1) is 13.4. The molecule has 0 aliphatic heterocycles. The summed E-state index contributed by atoms with van der Waals surface area (Å²) in [6.45, 7) is 1.66. The average molecular weight is 329 g/mol. The highest BCUT2D eigenvalue weighted by Gasteiger charge is 2.59. The van der Waals surface area contributed by atoms with Crippen LogP contribution in [-0.2, 0) is 9.59 Å². The van der Waals surface area contributed by atoms with Gasteiger partial charge in [0, 0.05) is 4.32 Å². The number of hydrogen-bond donors (Lipinski definition) is 2. The number of nitrogens with two attached hydrogens (primary N) is 1. The largest absolute Gasteiger partial charge is 0.368 e. The summed E-state index contributed by atoms with van der Waals surface area (Å²) < 4.78 is 0.157. The Balaban J connectivity index is 1.80. The second-order valence-electron chi connectivity index (χ2n) is 6.99. The van der Waals surface area contributed by atoms with Gasteiger partial charge in [-0.05, 0) is 57.3 Å². The SMILES string of the molecule is CC(NC(=O)C12CC3CC(CC(Br)(C3)C1)C2)C(N)=O. The zero-order chi connectivity index (χ0) is 13.8. The van der Waals surface area contributed by atoms with Crippen molar-refractivity contribution in [1.29, 1.82) is 0 Å². The van der Waals surface area contributed by atoms with Gasteiger partial charge in [0.05, 0.1) is 5.41 Å². The highest BCUT2D eigenvalue weighted by atomic mass is 79.9. The molecule has 4 saturated carbocycles. The van der Waals surface area contributed by atoms with Gasteiger partial charge in [-0.1, -0.05) is 15.9 Å². The Labute approximate surface area is 122 Å². The molecule has 0 aromatic carbocycles. The Hall–Kier alpha value is -0.580. The summed E-state index contributed by atoms with van der Waals surface area (Å²) in [6, 6.07) is -0.577. The van der Waals surface area contributed by atoms with E-state index in [1.807, 2.05) is 0 Å². The van der Waals surface area contributed by atoms with Crippen LogP contribution >= 0.6 is 15.9 Å². The number of nitrogens with one attached hydrogen (secondary N) is 1. The van der Waals surface area contributed by atoms with E-state index in [1.54, 1.807) is 6.92 Å². The van der Waals surface area contributed by atoms with Crippen LogP contribution in [0.2, 0.25) is 0 Å². The molecule has 3 unspecified atom stereocenters. The van der Waals surface area contributed by atoms with Gasteiger partial charge in [0.1, 0.15) is 6.04 Å². The van der Waals surface area contributed by atoms with Crippen LogP contribution in [0.3, 0.4) is 0 Å². The zero-order valence-electron chi connectivity index (χ0n) is 11.2. The molecular weight excluding hydrogens is 308 g/mol. The van der Waals surface area contributed by atoms with Crippen LogP contribution in [-0.4, -0.2) is 22.2 Å². The zero-order valence-corrected chi connectivity index (χ0v) is 12.8. The summed E-state index contributed by atoms with van der Waals surface area (Å²) in [5.41, 5.74) is 4.97. The molecule has 4 rings (SSSR count). The third kappa shape index (κ3) is 2.20. The Morgan fingerprint density at radius 1 is 1.26 bits per heavy atom. The minimum absolute atomic E-state index is 0.0386. The topological polar surface area (TPSA) is 72.2 Å². The average Bonchev–Trinajstić information content (AvgIpc) is 2.24. The van der Waals surface area contributed by atoms with Gasteiger partial charge in [-0.3, -0.25) is 9.59 Å². The number of hydrogen-bond acceptors (Lipinski definition) is 2. The summed E-state index contributed by atoms with van der Waals surface area (Å²) in [4.78, 5) is 23.7. The molecule has 4 bridgehead atoms. The molecule has 2 amide bonds. The molecule has 0 radical (unpaired) electrons. The molecule has 0 aromatic heterocycles. The first-order valence-corrected chi connectivity index (χ1v) is 7.90. The number of alkyl halides is 1. The fourth-order valence-electron chi connectivity index (χ4n) is 4.84. The lowest BCUT2D eigenvalue weighted by Crippen LogP contribution is -2.60. The van der Waals surface area contributed by atoms with Crippen LogP contribution in [0.25, 0.3) is 0 Å². The van der Waals surface area contributed by atoms with E-state index in [9.17, 15) is 9.59 Å². The smallest absolute Gasteiger partial charge is 0.239 e. The lowest BCUT2D eigenvalue weighted by molar-refractivity contribution is -0.146. The number of rotatable bonds is 3. The third-order valence-electron chi connectivity index (χ3n) is 5.25. The van der Waals surface area contributed by atoms with E-state index in [0.29, 0.717) is 11.8 Å². The van der Waals surface area contributed by atoms with Crippen molar-refractivity contribution in [3.63, 3.8) is 0 Å². The quantitative estimate of drug-likeness (QED) is 0.774. The van der Waals surface area contributed by atoms with Gasteiger partial charge in [0.15, 0.2) is 0 Å². The van der Waals surface area contributed by atoms with E-state index < -0.39 is 11.9 Å². The molecule has 5 heteroatoms. The molecule has 0 saturated heterocycles. The fourth-order valence-corrected chi connectivity index (χ4v) is 6.29. The highest BCUT2D eigenvalue weighted by Crippen LogP contribution is 2.64. The standard InChI is InChI=1S/C14H21BrN2O2/c1-8(11(16)18)17-12(19)13-3-9-2-10(4-13)6-14(15,5-9)7-13/h8-10H,2-7H2,1H3,(H2,16,18)(H,17,19). The fraction of sp³-hybridized carbons (Fsp3) is 0.857. The molecule has 4 aliphatic rings. The second-order valence-corrected chi connectivity index (χ2v) is 8.67. The van der Waals surface area contributed by atoms with Gasteiger partial charge >= 0.3 is 0 Å². The first-order valence-electron chi connectivity index (χ1n) is 7.11. The number of carbonyl (C=O) groups is 2. The summed E-state index contributed by atoms with van der Waals surface area (Å²) >= 11 is 3.88. The van der Waals surface area contributed by atoms with Crippen molar-refractivity contribution >= 4 is 27.7 Å². The number of carbonyl (C=O) groups excluding carboxylic acids is 2. The van der Waals surface area contributed by atoms with Crippen molar-refractivity contribution < 1.29 is 9.59 Å². The molecule has 0 spiro atoms. The Bertz CT molecular complexity index is 423. The molecule has 106 valence electrons. The van der Waals surface area contributed by atoms with Crippen molar-refractivity contribution in [1.82, 2.24) is 5.32 Å². The van der Waals surface area contributed by atoms with E-state index in [-0.39, 0.29) is 15.6 Å². The molecule has 4 fully saturated rings. The van der Waals surface area contributed by atoms with Crippen LogP contribution < -0.4 is 11.1 Å². The van der Waals surface area contributed by atoms with Crippen LogP contribution in [0.5, 0.6) is 0 Å². The highest BCUT2D eigenvalue weighted by molar-refractivity contribution is 9.10. The predicted octanol–water partition coefficient (Wildman–Crippen LogP) is 1.71. The van der Waals surface area contributed by atoms with E-state index in [1.165, 1.54) is 19.3 Å². The normalized spacial score (nSPS) is 44.9. The maximum atomic E-state index is 12.6. The van der Waals surface area contributed by atoms with E-state index in [2.05, 4.69) is 21.2 Å². The summed E-state index contributed by atoms with van der Waals surface area (Å²) in [5.74, 6) is 0.897. The van der Waals surface area contributed by atoms with Crippen molar-refractivity contribution in [3.8, 4) is 0 Å². The maximum absolute atomic E-state index is 12.6. The monoisotopic (exact) mass is 328 g/mol. The maximum Gasteiger partial charge on any atom is 0.239 e. The first-order chi connectivity index (χ1) is 8.82. The van der Waals surface area contributed by atoms with Gasteiger partial charge in [-0.15, -0.1) is 0 Å². The molecule has 4 aliphatic carbocycles. The lowest BCUT2D eigenvalue weighted by Gasteiger charge is -2.59. The van der Waals surface area contributed by atoms with E-state index in [4.69, 9.17) is 5.73 Å². The van der Waals surface area contributed by atoms with Crippen LogP contribution in [0.4, 0.5) is 0 Å². The van der Waals surface area contributed by atoms with Crippen molar-refractivity contribution in [2.75, 3.05) is 0 Å². The van der Waals surface area contributed by atoms with Crippen molar-refractivity contribution in [2.24, 2.45) is 23.0 Å². The van der Waals surface area contributed by atoms with E-state index >= 15 is 0 Å². The lowest BCUT2D eigenvalue weighted by atomic mass is 9.49. The van der Waals surface area contributed by atoms with Gasteiger partial charge < -0.3 is 11.1 Å². The molecule has 4 nitrogen and oxygen atoms in total. The van der Waals surface area contributed by atoms with Crippen LogP contribution in [0.1, 0.15) is 45.4 Å². The number of primary amides is 1. The number of amides is 2. The van der Waals surface area contributed by atoms with Crippen molar-refractivity contribution in [2.45, 2.75) is 55.8 Å². The van der Waals surface area contributed by atoms with Gasteiger partial charge in [-0.2, -0.15) is 0 Å². The van der Waals surface area contributed by atoms with Gasteiger partial charge in [-0.25, -0.2) is 0 Å². The third-order valence-corrected chi connectivity index (χ3v) is 6.17. The molecule has 0 aromatic rings. The Kier molecular flexibility index (Phi) is 2.97. The van der Waals surface area contributed by atoms with Gasteiger partial charge in [0.2, 0.25) is 11.8 Å². The van der Waals surface area contributed by atoms with E-state index in [0.717, 1.165) is 19.3 Å². The second kappa shape index (κ2) is 4.21. The predicted molar refractivity (Wildman–Crippen MR) is 75.6 cm³/mol. The van der Waals surface area contributed by atoms with Crippen LogP contribution in [0.15, 0.2) is 0 Å². The Morgan fingerprint density at radius 3 is 2.32 bits per heavy atom. The minimum atomic E-state index is -0.577. The molecule has 3 atom stereocenters. The number of halogens is 1. The Morgan fingerprint density at radius 2 is 1.84 bits per heavy atom. The summed E-state index contributed by atoms with van der Waals surface area (Å²) in [5, 5.41) is 2.82. The molecule has 19 heavy (non-hydrogen) atoms. The molecule has 0 heterocycles. The minimum Gasteiger partial charge on any atom is -0.368 e. The summed E-state index contributed by atoms with van der Waals surface area (Å²) in [7, 11) is 0. The molecule has 3 N–H and O–H groups in total. The summed E-state index contributed by atoms with van der Waals surface area (Å²) in [6.07, 6.45) is 6.54. The van der Waals surface area contributed by atoms with Crippen LogP contribution in [0, 0.1) is 17.3 Å². The van der Waals surface area contributed by atoms with Crippen molar-refractivity contribution in [3.05, 3.63) is 0 Å². The van der Waals surface area contributed by atoms with Gasteiger partial charge in [0.25, 0.3) is 0 Å². The molecular formula is C14H21BrN2O2.